The molecule has 3 rings (SSSR count). The number of pyridine rings is 1. The molecule has 0 radical (unpaired) electrons. The zero-order valence-corrected chi connectivity index (χ0v) is 10.3. The Bertz CT molecular complexity index is 830. The third kappa shape index (κ3) is 2.21. The third-order valence-corrected chi connectivity index (χ3v) is 2.98. The maximum atomic E-state index is 13.2. The van der Waals surface area contributed by atoms with Gasteiger partial charge in [0.2, 0.25) is 0 Å². The van der Waals surface area contributed by atoms with Crippen LogP contribution in [0.15, 0.2) is 48.5 Å². The van der Waals surface area contributed by atoms with Crippen LogP contribution in [0, 0.1) is 23.0 Å². The summed E-state index contributed by atoms with van der Waals surface area (Å²) in [5.41, 5.74) is 2.09. The lowest BCUT2D eigenvalue weighted by Crippen LogP contribution is -1.89. The van der Waals surface area contributed by atoms with Crippen molar-refractivity contribution in [2.45, 2.75) is 0 Å². The monoisotopic (exact) mass is 266 g/mol. The fourth-order valence-electron chi connectivity index (χ4n) is 2.06. The number of halogens is 2. The van der Waals surface area contributed by atoms with Gasteiger partial charge in [-0.15, -0.1) is 0 Å². The predicted octanol–water partition coefficient (Wildman–Crippen LogP) is 4.05. The molecule has 2 aromatic carbocycles. The van der Waals surface area contributed by atoms with Crippen molar-refractivity contribution in [3.05, 3.63) is 65.7 Å². The van der Waals surface area contributed by atoms with Gasteiger partial charge < -0.3 is 0 Å². The molecule has 96 valence electrons. The number of nitriles is 1. The van der Waals surface area contributed by atoms with Crippen molar-refractivity contribution in [1.82, 2.24) is 4.98 Å². The molecule has 3 aromatic rings. The number of rotatable bonds is 1. The topological polar surface area (TPSA) is 36.7 Å². The second kappa shape index (κ2) is 4.71. The molecule has 0 saturated heterocycles. The first-order chi connectivity index (χ1) is 9.65. The molecule has 0 saturated carbocycles. The van der Waals surface area contributed by atoms with E-state index in [0.717, 1.165) is 11.5 Å². The van der Waals surface area contributed by atoms with Crippen molar-refractivity contribution >= 4 is 10.9 Å². The molecular weight excluding hydrogens is 258 g/mol. The van der Waals surface area contributed by atoms with Gasteiger partial charge in [0.1, 0.15) is 11.6 Å². The van der Waals surface area contributed by atoms with E-state index in [2.05, 4.69) is 11.1 Å². The highest BCUT2D eigenvalue weighted by molar-refractivity contribution is 5.82. The van der Waals surface area contributed by atoms with Gasteiger partial charge in [0.25, 0.3) is 0 Å². The zero-order valence-electron chi connectivity index (χ0n) is 10.3. The Balaban J connectivity index is 2.16. The van der Waals surface area contributed by atoms with Crippen molar-refractivity contribution in [2.24, 2.45) is 0 Å². The van der Waals surface area contributed by atoms with Crippen LogP contribution in [0.1, 0.15) is 5.56 Å². The lowest BCUT2D eigenvalue weighted by Gasteiger charge is -2.04. The van der Waals surface area contributed by atoms with Gasteiger partial charge in [-0.1, -0.05) is 6.07 Å². The molecule has 0 amide bonds. The molecule has 2 nitrogen and oxygen atoms in total. The van der Waals surface area contributed by atoms with E-state index < -0.39 is 11.6 Å². The maximum absolute atomic E-state index is 13.2. The average Bonchev–Trinajstić information content (AvgIpc) is 2.45. The smallest absolute Gasteiger partial charge is 0.126 e. The van der Waals surface area contributed by atoms with E-state index >= 15 is 0 Å². The van der Waals surface area contributed by atoms with E-state index in [-0.39, 0.29) is 0 Å². The number of hydrogen-bond donors (Lipinski definition) is 0. The van der Waals surface area contributed by atoms with Crippen LogP contribution in [0.3, 0.4) is 0 Å². The van der Waals surface area contributed by atoms with Gasteiger partial charge in [-0.3, -0.25) is 0 Å². The molecule has 1 heterocycles. The second-order valence-electron chi connectivity index (χ2n) is 4.37. The lowest BCUT2D eigenvalue weighted by molar-refractivity contribution is 0.584. The molecule has 1 aromatic heterocycles. The molecule has 0 atom stereocenters. The van der Waals surface area contributed by atoms with Crippen molar-refractivity contribution in [3.63, 3.8) is 0 Å². The molecule has 0 fully saturated rings. The quantitative estimate of drug-likeness (QED) is 0.666. The Morgan fingerprint density at radius 3 is 2.35 bits per heavy atom. The highest BCUT2D eigenvalue weighted by Crippen LogP contribution is 2.23. The molecule has 0 bridgehead atoms. The van der Waals surface area contributed by atoms with Crippen LogP contribution < -0.4 is 0 Å². The average molecular weight is 266 g/mol. The van der Waals surface area contributed by atoms with E-state index in [1.54, 1.807) is 30.3 Å². The Labute approximate surface area is 113 Å². The standard InChI is InChI=1S/C16H8F2N2/c17-13-6-12(7-14(18)8-13)16-4-2-11-5-10(9-19)1-3-15(11)20-16/h1-8H. The third-order valence-electron chi connectivity index (χ3n) is 2.98. The summed E-state index contributed by atoms with van der Waals surface area (Å²) in [5, 5.41) is 9.65. The summed E-state index contributed by atoms with van der Waals surface area (Å²) in [5.74, 6) is -1.27. The molecule has 0 aliphatic heterocycles. The van der Waals surface area contributed by atoms with E-state index in [1.807, 2.05) is 0 Å². The van der Waals surface area contributed by atoms with E-state index in [9.17, 15) is 8.78 Å². The minimum absolute atomic E-state index is 0.383. The van der Waals surface area contributed by atoms with Gasteiger partial charge in [0, 0.05) is 17.0 Å². The van der Waals surface area contributed by atoms with E-state index in [4.69, 9.17) is 5.26 Å². The van der Waals surface area contributed by atoms with Crippen molar-refractivity contribution < 1.29 is 8.78 Å². The van der Waals surface area contributed by atoms with Gasteiger partial charge in [-0.25, -0.2) is 13.8 Å². The molecule has 0 aliphatic rings. The first-order valence-corrected chi connectivity index (χ1v) is 5.93. The summed E-state index contributed by atoms with van der Waals surface area (Å²) in [4.78, 5) is 4.36. The summed E-state index contributed by atoms with van der Waals surface area (Å²) in [6, 6.07) is 13.9. The van der Waals surface area contributed by atoms with Crippen LogP contribution in [0.2, 0.25) is 0 Å². The fourth-order valence-corrected chi connectivity index (χ4v) is 2.06. The van der Waals surface area contributed by atoms with Crippen molar-refractivity contribution in [3.8, 4) is 17.3 Å². The van der Waals surface area contributed by atoms with Crippen LogP contribution in [-0.4, -0.2) is 4.98 Å². The van der Waals surface area contributed by atoms with Crippen LogP contribution in [0.4, 0.5) is 8.78 Å². The summed E-state index contributed by atoms with van der Waals surface area (Å²) in [6.45, 7) is 0. The normalized spacial score (nSPS) is 10.4. The van der Waals surface area contributed by atoms with Crippen LogP contribution in [0.25, 0.3) is 22.2 Å². The van der Waals surface area contributed by atoms with Gasteiger partial charge in [0.05, 0.1) is 22.8 Å². The van der Waals surface area contributed by atoms with Crippen LogP contribution in [0.5, 0.6) is 0 Å². The predicted molar refractivity (Wildman–Crippen MR) is 71.8 cm³/mol. The number of fused-ring (bicyclic) bond motifs is 1. The fraction of sp³-hybridized carbons (Fsp3) is 0. The van der Waals surface area contributed by atoms with Gasteiger partial charge in [-0.2, -0.15) is 5.26 Å². The number of aromatic nitrogens is 1. The highest BCUT2D eigenvalue weighted by atomic mass is 19.1. The maximum Gasteiger partial charge on any atom is 0.126 e. The Morgan fingerprint density at radius 1 is 0.900 bits per heavy atom. The van der Waals surface area contributed by atoms with E-state index in [1.165, 1.54) is 12.1 Å². The number of nitrogens with zero attached hydrogens (tertiary/aromatic N) is 2. The minimum atomic E-state index is -0.637. The van der Waals surface area contributed by atoms with Crippen LogP contribution in [-0.2, 0) is 0 Å². The minimum Gasteiger partial charge on any atom is -0.248 e. The summed E-state index contributed by atoms with van der Waals surface area (Å²) in [6.07, 6.45) is 0. The zero-order chi connectivity index (χ0) is 14.1. The molecule has 0 spiro atoms. The van der Waals surface area contributed by atoms with Crippen molar-refractivity contribution in [2.75, 3.05) is 0 Å². The van der Waals surface area contributed by atoms with Gasteiger partial charge in [-0.05, 0) is 36.4 Å². The molecule has 20 heavy (non-hydrogen) atoms. The lowest BCUT2D eigenvalue weighted by atomic mass is 10.1. The van der Waals surface area contributed by atoms with Crippen LogP contribution >= 0.6 is 0 Å². The Morgan fingerprint density at radius 2 is 1.65 bits per heavy atom. The largest absolute Gasteiger partial charge is 0.248 e. The van der Waals surface area contributed by atoms with E-state index in [0.29, 0.717) is 22.3 Å². The summed E-state index contributed by atoms with van der Waals surface area (Å²) >= 11 is 0. The molecule has 4 heteroatoms. The van der Waals surface area contributed by atoms with Gasteiger partial charge >= 0.3 is 0 Å². The Hall–Kier alpha value is -2.80. The molecule has 0 aliphatic carbocycles. The number of hydrogen-bond acceptors (Lipinski definition) is 2. The SMILES string of the molecule is N#Cc1ccc2nc(-c3cc(F)cc(F)c3)ccc2c1. The first-order valence-electron chi connectivity index (χ1n) is 5.93. The second-order valence-corrected chi connectivity index (χ2v) is 4.37. The summed E-state index contributed by atoms with van der Waals surface area (Å²) < 4.78 is 26.4. The first kappa shape index (κ1) is 12.2. The molecule has 0 N–H and O–H groups in total. The summed E-state index contributed by atoms with van der Waals surface area (Å²) in [7, 11) is 0. The molecule has 0 unspecified atom stereocenters. The van der Waals surface area contributed by atoms with Gasteiger partial charge in [0.15, 0.2) is 0 Å². The highest BCUT2D eigenvalue weighted by Gasteiger charge is 2.06. The number of benzene rings is 2. The van der Waals surface area contributed by atoms with Crippen molar-refractivity contribution in [1.29, 1.82) is 5.26 Å². The molecular formula is C16H8F2N2. The Kier molecular flexibility index (Phi) is 2.88.